The summed E-state index contributed by atoms with van der Waals surface area (Å²) in [7, 11) is 0. The van der Waals surface area contributed by atoms with Gasteiger partial charge in [-0.3, -0.25) is 9.78 Å². The maximum Gasteiger partial charge on any atom is 0.234 e. The van der Waals surface area contributed by atoms with Gasteiger partial charge in [-0.1, -0.05) is 25.1 Å². The Balaban J connectivity index is 2.86. The van der Waals surface area contributed by atoms with E-state index in [0.29, 0.717) is 12.2 Å². The summed E-state index contributed by atoms with van der Waals surface area (Å²) in [5.74, 6) is -0.414. The van der Waals surface area contributed by atoms with E-state index < -0.39 is 11.9 Å². The lowest BCUT2D eigenvalue weighted by Crippen LogP contribution is -2.44. The number of carbonyl (C=O) groups excluding carboxylic acids is 1. The molecule has 7 nitrogen and oxygen atoms in total. The van der Waals surface area contributed by atoms with Gasteiger partial charge in [0.05, 0.1) is 6.04 Å². The van der Waals surface area contributed by atoms with Gasteiger partial charge in [-0.25, -0.2) is 0 Å². The number of amides is 1. The number of pyridine rings is 1. The van der Waals surface area contributed by atoms with Crippen LogP contribution >= 0.6 is 0 Å². The summed E-state index contributed by atoms with van der Waals surface area (Å²) in [4.78, 5) is 15.3. The average molecular weight is 265 g/mol. The average Bonchev–Trinajstić information content (AvgIpc) is 2.37. The minimum atomic E-state index is -0.444. The molecule has 0 fully saturated rings. The Kier molecular flexibility index (Phi) is 5.25. The highest BCUT2D eigenvalue weighted by molar-refractivity contribution is 5.96. The van der Waals surface area contributed by atoms with E-state index in [2.05, 4.69) is 15.5 Å². The molecule has 1 aromatic heterocycles. The molecule has 0 saturated carbocycles. The molecule has 0 aliphatic heterocycles. The highest BCUT2D eigenvalue weighted by Crippen LogP contribution is 2.07. The summed E-state index contributed by atoms with van der Waals surface area (Å²) in [5, 5.41) is 14.7. The lowest BCUT2D eigenvalue weighted by molar-refractivity contribution is -0.121. The van der Waals surface area contributed by atoms with Crippen LogP contribution in [0.2, 0.25) is 0 Å². The lowest BCUT2D eigenvalue weighted by atomic mass is 10.0. The third-order valence-corrected chi connectivity index (χ3v) is 2.73. The van der Waals surface area contributed by atoms with Gasteiger partial charge in [0.1, 0.15) is 5.69 Å². The quantitative estimate of drug-likeness (QED) is 0.245. The number of primary amides is 1. The number of nitrogens with one attached hydrogen (secondary N) is 1. The number of amidine groups is 1. The fraction of sp³-hybridized carbons (Fsp3) is 0.417. The predicted octanol–water partition coefficient (Wildman–Crippen LogP) is -0.224. The third-order valence-electron chi connectivity index (χ3n) is 2.73. The van der Waals surface area contributed by atoms with Crippen LogP contribution in [0, 0.1) is 5.92 Å². The molecule has 6 N–H and O–H groups in total. The Hall–Kier alpha value is -2.15. The highest BCUT2D eigenvalue weighted by atomic mass is 16.4. The molecule has 104 valence electrons. The van der Waals surface area contributed by atoms with Crippen LogP contribution in [0.15, 0.2) is 23.5 Å². The first-order valence-corrected chi connectivity index (χ1v) is 5.91. The molecule has 1 aromatic rings. The molecule has 1 amide bonds. The summed E-state index contributed by atoms with van der Waals surface area (Å²) in [6, 6.07) is 3.08. The number of hydrogen-bond acceptors (Lipinski definition) is 5. The zero-order valence-corrected chi connectivity index (χ0v) is 11.0. The molecule has 1 atom stereocenters. The molecule has 7 heteroatoms. The van der Waals surface area contributed by atoms with Crippen molar-refractivity contribution in [1.29, 1.82) is 0 Å². The van der Waals surface area contributed by atoms with Crippen molar-refractivity contribution < 1.29 is 10.0 Å². The SMILES string of the molecule is CC(C)C(NCc1cccnc1/C(N)=N/O)C(N)=O. The minimum absolute atomic E-state index is 0.0708. The van der Waals surface area contributed by atoms with Gasteiger partial charge >= 0.3 is 0 Å². The Morgan fingerprint density at radius 2 is 2.21 bits per heavy atom. The molecular weight excluding hydrogens is 246 g/mol. The lowest BCUT2D eigenvalue weighted by Gasteiger charge is -2.19. The van der Waals surface area contributed by atoms with Gasteiger partial charge in [-0.15, -0.1) is 0 Å². The smallest absolute Gasteiger partial charge is 0.234 e. The number of nitrogens with two attached hydrogens (primary N) is 2. The van der Waals surface area contributed by atoms with Crippen molar-refractivity contribution >= 4 is 11.7 Å². The van der Waals surface area contributed by atoms with Crippen molar-refractivity contribution in [3.63, 3.8) is 0 Å². The summed E-state index contributed by atoms with van der Waals surface area (Å²) < 4.78 is 0. The first kappa shape index (κ1) is 14.9. The largest absolute Gasteiger partial charge is 0.409 e. The van der Waals surface area contributed by atoms with Crippen molar-refractivity contribution in [1.82, 2.24) is 10.3 Å². The van der Waals surface area contributed by atoms with Crippen LogP contribution in [-0.4, -0.2) is 28.0 Å². The van der Waals surface area contributed by atoms with Crippen LogP contribution in [0.1, 0.15) is 25.1 Å². The molecular formula is C12H19N5O2. The normalized spacial score (nSPS) is 13.5. The van der Waals surface area contributed by atoms with E-state index >= 15 is 0 Å². The van der Waals surface area contributed by atoms with E-state index in [1.165, 1.54) is 0 Å². The van der Waals surface area contributed by atoms with E-state index in [1.807, 2.05) is 13.8 Å². The Morgan fingerprint density at radius 3 is 2.74 bits per heavy atom. The molecule has 0 spiro atoms. The topological polar surface area (TPSA) is 127 Å². The highest BCUT2D eigenvalue weighted by Gasteiger charge is 2.19. The number of carbonyl (C=O) groups is 1. The number of hydrogen-bond donors (Lipinski definition) is 4. The third kappa shape index (κ3) is 3.92. The van der Waals surface area contributed by atoms with E-state index in [1.54, 1.807) is 18.3 Å². The van der Waals surface area contributed by atoms with E-state index in [9.17, 15) is 4.79 Å². The standard InChI is InChI=1S/C12H19N5O2/c1-7(2)9(12(14)18)16-6-8-4-3-5-15-10(8)11(13)17-19/h3-5,7,9,16,19H,6H2,1-2H3,(H2,13,17)(H2,14,18). The van der Waals surface area contributed by atoms with Crippen LogP contribution in [0.4, 0.5) is 0 Å². The van der Waals surface area contributed by atoms with Gasteiger partial charge in [0, 0.05) is 12.7 Å². The summed E-state index contributed by atoms with van der Waals surface area (Å²) in [6.07, 6.45) is 1.55. The molecule has 1 rings (SSSR count). The second-order valence-corrected chi connectivity index (χ2v) is 4.50. The first-order valence-electron chi connectivity index (χ1n) is 5.91. The van der Waals surface area contributed by atoms with Crippen LogP contribution in [-0.2, 0) is 11.3 Å². The van der Waals surface area contributed by atoms with E-state index in [4.69, 9.17) is 16.7 Å². The van der Waals surface area contributed by atoms with Gasteiger partial charge in [-0.05, 0) is 17.5 Å². The number of oxime groups is 1. The number of nitrogens with zero attached hydrogens (tertiary/aromatic N) is 2. The Labute approximate surface area is 111 Å². The minimum Gasteiger partial charge on any atom is -0.409 e. The fourth-order valence-electron chi connectivity index (χ4n) is 1.74. The summed E-state index contributed by atoms with van der Waals surface area (Å²) in [5.41, 5.74) is 12.0. The molecule has 0 radical (unpaired) electrons. The van der Waals surface area contributed by atoms with Crippen LogP contribution in [0.3, 0.4) is 0 Å². The molecule has 19 heavy (non-hydrogen) atoms. The van der Waals surface area contributed by atoms with Crippen LogP contribution in [0.25, 0.3) is 0 Å². The van der Waals surface area contributed by atoms with Crippen LogP contribution < -0.4 is 16.8 Å². The van der Waals surface area contributed by atoms with Crippen molar-refractivity contribution in [3.8, 4) is 0 Å². The van der Waals surface area contributed by atoms with Crippen LogP contribution in [0.5, 0.6) is 0 Å². The second kappa shape index (κ2) is 6.69. The molecule has 0 aliphatic rings. The second-order valence-electron chi connectivity index (χ2n) is 4.50. The van der Waals surface area contributed by atoms with Gasteiger partial charge < -0.3 is 22.0 Å². The van der Waals surface area contributed by atoms with Crippen molar-refractivity contribution in [2.24, 2.45) is 22.5 Å². The summed E-state index contributed by atoms with van der Waals surface area (Å²) >= 11 is 0. The maximum absolute atomic E-state index is 11.3. The van der Waals surface area contributed by atoms with Crippen molar-refractivity contribution in [2.45, 2.75) is 26.4 Å². The number of aromatic nitrogens is 1. The first-order chi connectivity index (χ1) is 8.97. The zero-order chi connectivity index (χ0) is 14.4. The number of rotatable bonds is 6. The van der Waals surface area contributed by atoms with Gasteiger partial charge in [0.2, 0.25) is 5.91 Å². The molecule has 0 saturated heterocycles. The Morgan fingerprint density at radius 1 is 1.53 bits per heavy atom. The molecule has 0 aromatic carbocycles. The molecule has 0 aliphatic carbocycles. The van der Waals surface area contributed by atoms with Crippen molar-refractivity contribution in [2.75, 3.05) is 0 Å². The van der Waals surface area contributed by atoms with Gasteiger partial charge in [-0.2, -0.15) is 0 Å². The Bertz CT molecular complexity index is 473. The van der Waals surface area contributed by atoms with Gasteiger partial charge in [0.25, 0.3) is 0 Å². The monoisotopic (exact) mass is 265 g/mol. The maximum atomic E-state index is 11.3. The van der Waals surface area contributed by atoms with E-state index in [-0.39, 0.29) is 11.8 Å². The molecule has 1 unspecified atom stereocenters. The summed E-state index contributed by atoms with van der Waals surface area (Å²) in [6.45, 7) is 4.15. The van der Waals surface area contributed by atoms with Crippen molar-refractivity contribution in [3.05, 3.63) is 29.6 Å². The van der Waals surface area contributed by atoms with E-state index in [0.717, 1.165) is 5.56 Å². The predicted molar refractivity (Wildman–Crippen MR) is 71.4 cm³/mol. The van der Waals surface area contributed by atoms with Gasteiger partial charge in [0.15, 0.2) is 5.84 Å². The fourth-order valence-corrected chi connectivity index (χ4v) is 1.74. The molecule has 0 bridgehead atoms. The molecule has 1 heterocycles. The zero-order valence-electron chi connectivity index (χ0n) is 11.0.